The summed E-state index contributed by atoms with van der Waals surface area (Å²) in [6, 6.07) is 8.32. The molecular formula is C14H22ClN3O2S. The molecule has 0 aromatic heterocycles. The first-order valence-electron chi connectivity index (χ1n) is 6.61. The summed E-state index contributed by atoms with van der Waals surface area (Å²) < 4.78 is 26.8. The van der Waals surface area contributed by atoms with Crippen LogP contribution in [0.2, 0.25) is 0 Å². The zero-order chi connectivity index (χ0) is 15.2. The Kier molecular flexibility index (Phi) is 7.90. The second-order valence-corrected chi connectivity index (χ2v) is 6.64. The highest BCUT2D eigenvalue weighted by atomic mass is 35.5. The number of nitrogens with two attached hydrogens (primary N) is 1. The molecule has 7 heteroatoms. The molecule has 0 aliphatic heterocycles. The molecule has 0 radical (unpaired) electrons. The molecule has 0 amide bonds. The van der Waals surface area contributed by atoms with Crippen molar-refractivity contribution in [3.8, 4) is 6.07 Å². The zero-order valence-corrected chi connectivity index (χ0v) is 13.9. The summed E-state index contributed by atoms with van der Waals surface area (Å²) in [5, 5.41) is 8.58. The van der Waals surface area contributed by atoms with Gasteiger partial charge in [0.15, 0.2) is 0 Å². The van der Waals surface area contributed by atoms with Crippen LogP contribution in [0.15, 0.2) is 29.2 Å². The summed E-state index contributed by atoms with van der Waals surface area (Å²) in [7, 11) is -3.56. The van der Waals surface area contributed by atoms with E-state index in [0.717, 1.165) is 5.56 Å². The van der Waals surface area contributed by atoms with Crippen molar-refractivity contribution < 1.29 is 8.42 Å². The summed E-state index contributed by atoms with van der Waals surface area (Å²) in [5.41, 5.74) is 6.36. The van der Waals surface area contributed by atoms with Crippen molar-refractivity contribution >= 4 is 22.4 Å². The molecule has 0 aliphatic carbocycles. The van der Waals surface area contributed by atoms with Crippen LogP contribution in [0.1, 0.15) is 32.3 Å². The van der Waals surface area contributed by atoms with E-state index in [1.807, 2.05) is 19.9 Å². The van der Waals surface area contributed by atoms with E-state index in [2.05, 4.69) is 4.72 Å². The van der Waals surface area contributed by atoms with Gasteiger partial charge in [0.2, 0.25) is 10.0 Å². The summed E-state index contributed by atoms with van der Waals surface area (Å²) in [6.45, 7) is 4.09. The Bertz CT molecular complexity index is 575. The van der Waals surface area contributed by atoms with Crippen LogP contribution < -0.4 is 10.5 Å². The van der Waals surface area contributed by atoms with Gasteiger partial charge < -0.3 is 5.73 Å². The van der Waals surface area contributed by atoms with E-state index < -0.39 is 15.6 Å². The molecule has 1 aromatic carbocycles. The molecule has 0 unspecified atom stereocenters. The lowest BCUT2D eigenvalue weighted by Gasteiger charge is -2.26. The number of hydrogen-bond acceptors (Lipinski definition) is 4. The Balaban J connectivity index is 0.00000400. The third kappa shape index (κ3) is 5.64. The minimum Gasteiger partial charge on any atom is -0.324 e. The van der Waals surface area contributed by atoms with E-state index in [9.17, 15) is 8.42 Å². The van der Waals surface area contributed by atoms with E-state index in [1.165, 1.54) is 12.1 Å². The molecule has 0 saturated heterocycles. The van der Waals surface area contributed by atoms with Crippen LogP contribution >= 0.6 is 12.4 Å². The number of nitriles is 1. The van der Waals surface area contributed by atoms with Crippen molar-refractivity contribution in [2.24, 2.45) is 5.73 Å². The van der Waals surface area contributed by atoms with Crippen LogP contribution in [0.3, 0.4) is 0 Å². The van der Waals surface area contributed by atoms with Crippen molar-refractivity contribution in [3.05, 3.63) is 29.8 Å². The average molecular weight is 332 g/mol. The highest BCUT2D eigenvalue weighted by Gasteiger charge is 2.23. The maximum atomic E-state index is 12.1. The Morgan fingerprint density at radius 3 is 2.19 bits per heavy atom. The molecule has 0 bridgehead atoms. The molecule has 1 rings (SSSR count). The molecule has 21 heavy (non-hydrogen) atoms. The molecule has 0 atom stereocenters. The molecule has 3 N–H and O–H groups in total. The number of halogens is 1. The van der Waals surface area contributed by atoms with Gasteiger partial charge in [0.1, 0.15) is 0 Å². The molecule has 0 heterocycles. The number of nitrogens with zero attached hydrogens (tertiary/aromatic N) is 1. The predicted octanol–water partition coefficient (Wildman–Crippen LogP) is 1.97. The van der Waals surface area contributed by atoms with Crippen molar-refractivity contribution in [3.63, 3.8) is 0 Å². The van der Waals surface area contributed by atoms with Gasteiger partial charge in [0.25, 0.3) is 0 Å². The smallest absolute Gasteiger partial charge is 0.240 e. The van der Waals surface area contributed by atoms with Gasteiger partial charge in [-0.2, -0.15) is 5.26 Å². The summed E-state index contributed by atoms with van der Waals surface area (Å²) >= 11 is 0. The topological polar surface area (TPSA) is 96.0 Å². The quantitative estimate of drug-likeness (QED) is 0.798. The Morgan fingerprint density at radius 2 is 1.76 bits per heavy atom. The van der Waals surface area contributed by atoms with E-state index >= 15 is 0 Å². The molecule has 5 nitrogen and oxygen atoms in total. The molecular weight excluding hydrogens is 310 g/mol. The zero-order valence-electron chi connectivity index (χ0n) is 12.3. The lowest BCUT2D eigenvalue weighted by molar-refractivity contribution is 0.392. The molecule has 0 saturated carbocycles. The monoisotopic (exact) mass is 331 g/mol. The van der Waals surface area contributed by atoms with E-state index in [1.54, 1.807) is 12.1 Å². The van der Waals surface area contributed by atoms with Crippen LogP contribution in [0, 0.1) is 11.3 Å². The van der Waals surface area contributed by atoms with Gasteiger partial charge in [0, 0.05) is 12.1 Å². The molecule has 1 aromatic rings. The standard InChI is InChI=1S/C14H21N3O2S.ClH/c1-3-14(16,4-2)11-17-20(18,19)13-7-5-12(6-8-13)9-10-15;/h5-8,17H,3-4,9,11,16H2,1-2H3;1H. The average Bonchev–Trinajstić information content (AvgIpc) is 2.46. The van der Waals surface area contributed by atoms with Crippen LogP contribution in [0.4, 0.5) is 0 Å². The second kappa shape index (κ2) is 8.35. The van der Waals surface area contributed by atoms with E-state index in [4.69, 9.17) is 11.0 Å². The van der Waals surface area contributed by atoms with Gasteiger partial charge >= 0.3 is 0 Å². The van der Waals surface area contributed by atoms with Crippen molar-refractivity contribution in [1.29, 1.82) is 5.26 Å². The number of benzene rings is 1. The van der Waals surface area contributed by atoms with Crippen molar-refractivity contribution in [2.75, 3.05) is 6.54 Å². The number of hydrogen-bond donors (Lipinski definition) is 2. The highest BCUT2D eigenvalue weighted by Crippen LogP contribution is 2.14. The third-order valence-corrected chi connectivity index (χ3v) is 4.96. The Morgan fingerprint density at radius 1 is 1.24 bits per heavy atom. The lowest BCUT2D eigenvalue weighted by atomic mass is 9.95. The van der Waals surface area contributed by atoms with Gasteiger partial charge in [-0.05, 0) is 30.5 Å². The van der Waals surface area contributed by atoms with Crippen LogP contribution in [-0.2, 0) is 16.4 Å². The predicted molar refractivity (Wildman–Crippen MR) is 85.7 cm³/mol. The second-order valence-electron chi connectivity index (χ2n) is 4.87. The maximum Gasteiger partial charge on any atom is 0.240 e. The maximum absolute atomic E-state index is 12.1. The fraction of sp³-hybridized carbons (Fsp3) is 0.500. The fourth-order valence-electron chi connectivity index (χ4n) is 1.70. The van der Waals surface area contributed by atoms with Crippen LogP contribution in [0.5, 0.6) is 0 Å². The highest BCUT2D eigenvalue weighted by molar-refractivity contribution is 7.89. The van der Waals surface area contributed by atoms with Gasteiger partial charge in [-0.15, -0.1) is 12.4 Å². The summed E-state index contributed by atoms with van der Waals surface area (Å²) in [6.07, 6.45) is 1.67. The fourth-order valence-corrected chi connectivity index (χ4v) is 2.84. The largest absolute Gasteiger partial charge is 0.324 e. The Hall–Kier alpha value is -1.13. The lowest BCUT2D eigenvalue weighted by Crippen LogP contribution is -2.49. The van der Waals surface area contributed by atoms with Crippen molar-refractivity contribution in [2.45, 2.75) is 43.5 Å². The minimum atomic E-state index is -3.56. The van der Waals surface area contributed by atoms with Gasteiger partial charge in [-0.3, -0.25) is 0 Å². The first-order valence-corrected chi connectivity index (χ1v) is 8.09. The van der Waals surface area contributed by atoms with Crippen LogP contribution in [0.25, 0.3) is 0 Å². The number of nitrogens with one attached hydrogen (secondary N) is 1. The van der Waals surface area contributed by atoms with Crippen LogP contribution in [-0.4, -0.2) is 20.5 Å². The van der Waals surface area contributed by atoms with E-state index in [0.29, 0.717) is 12.8 Å². The Labute approximate surface area is 133 Å². The number of rotatable bonds is 7. The van der Waals surface area contributed by atoms with Crippen molar-refractivity contribution in [1.82, 2.24) is 4.72 Å². The molecule has 0 spiro atoms. The summed E-state index contributed by atoms with van der Waals surface area (Å²) in [5.74, 6) is 0. The van der Waals surface area contributed by atoms with Gasteiger partial charge in [0.05, 0.1) is 17.4 Å². The molecule has 0 aliphatic rings. The minimum absolute atomic E-state index is 0. The SMILES string of the molecule is CCC(N)(CC)CNS(=O)(=O)c1ccc(CC#N)cc1.Cl. The number of sulfonamides is 1. The van der Waals surface area contributed by atoms with Gasteiger partial charge in [-0.25, -0.2) is 13.1 Å². The van der Waals surface area contributed by atoms with Gasteiger partial charge in [-0.1, -0.05) is 26.0 Å². The summed E-state index contributed by atoms with van der Waals surface area (Å²) in [4.78, 5) is 0.189. The first-order chi connectivity index (χ1) is 9.37. The molecule has 118 valence electrons. The third-order valence-electron chi connectivity index (χ3n) is 3.54. The normalized spacial score (nSPS) is 11.5. The van der Waals surface area contributed by atoms with E-state index in [-0.39, 0.29) is 30.3 Å². The first kappa shape index (κ1) is 19.9. The molecule has 0 fully saturated rings.